The molecule has 0 aliphatic carbocycles. The Morgan fingerprint density at radius 2 is 1.86 bits per heavy atom. The van der Waals surface area contributed by atoms with Crippen LogP contribution < -0.4 is 10.6 Å². The molecule has 1 aliphatic rings. The van der Waals surface area contributed by atoms with Crippen molar-refractivity contribution in [1.29, 1.82) is 5.26 Å². The van der Waals surface area contributed by atoms with Gasteiger partial charge in [-0.3, -0.25) is 19.4 Å². The number of hydrogen-bond acceptors (Lipinski definition) is 5. The molecular formula is C22H18N4O3. The van der Waals surface area contributed by atoms with Crippen molar-refractivity contribution in [2.75, 3.05) is 12.4 Å². The van der Waals surface area contributed by atoms with Crippen molar-refractivity contribution in [3.05, 3.63) is 76.5 Å². The monoisotopic (exact) mass is 386 g/mol. The number of rotatable bonds is 6. The Morgan fingerprint density at radius 3 is 2.55 bits per heavy atom. The first-order valence-electron chi connectivity index (χ1n) is 8.93. The van der Waals surface area contributed by atoms with Crippen LogP contribution in [0.1, 0.15) is 27.9 Å². The molecule has 0 fully saturated rings. The summed E-state index contributed by atoms with van der Waals surface area (Å²) < 4.78 is 0. The fourth-order valence-corrected chi connectivity index (χ4v) is 2.88. The van der Waals surface area contributed by atoms with Crippen LogP contribution in [0.25, 0.3) is 0 Å². The number of ketones is 1. The number of benzene rings is 2. The molecule has 0 bridgehead atoms. The highest BCUT2D eigenvalue weighted by Crippen LogP contribution is 2.19. The van der Waals surface area contributed by atoms with Crippen LogP contribution in [0.3, 0.4) is 0 Å². The molecule has 0 unspecified atom stereocenters. The van der Waals surface area contributed by atoms with Gasteiger partial charge in [0.05, 0.1) is 17.2 Å². The van der Waals surface area contributed by atoms with Gasteiger partial charge in [0.15, 0.2) is 5.78 Å². The van der Waals surface area contributed by atoms with Crippen molar-refractivity contribution in [3.8, 4) is 6.07 Å². The topological polar surface area (TPSA) is 111 Å². The SMILES string of the molecule is CNC(=O)C1=C(C(=O)Nc2ccc(CC(=O)c3cccc(C#N)c3)cc2)CC=N1. The van der Waals surface area contributed by atoms with Crippen molar-refractivity contribution in [2.45, 2.75) is 12.8 Å². The highest BCUT2D eigenvalue weighted by Gasteiger charge is 2.23. The van der Waals surface area contributed by atoms with E-state index in [-0.39, 0.29) is 17.9 Å². The lowest BCUT2D eigenvalue weighted by Crippen LogP contribution is -2.23. The summed E-state index contributed by atoms with van der Waals surface area (Å²) in [6.07, 6.45) is 2.00. The average Bonchev–Trinajstić information content (AvgIpc) is 3.24. The number of likely N-dealkylation sites (N-methyl/N-ethyl adjacent to an activating group) is 1. The first-order valence-corrected chi connectivity index (χ1v) is 8.93. The predicted molar refractivity (Wildman–Crippen MR) is 108 cm³/mol. The Labute approximate surface area is 167 Å². The summed E-state index contributed by atoms with van der Waals surface area (Å²) in [6.45, 7) is 0. The largest absolute Gasteiger partial charge is 0.354 e. The van der Waals surface area contributed by atoms with Crippen LogP contribution in [0.2, 0.25) is 0 Å². The quantitative estimate of drug-likeness (QED) is 0.743. The second-order valence-electron chi connectivity index (χ2n) is 6.37. The van der Waals surface area contributed by atoms with Gasteiger partial charge in [-0.2, -0.15) is 5.26 Å². The van der Waals surface area contributed by atoms with Crippen LogP contribution in [0, 0.1) is 11.3 Å². The van der Waals surface area contributed by atoms with E-state index in [0.717, 1.165) is 5.56 Å². The molecule has 144 valence electrons. The van der Waals surface area contributed by atoms with E-state index in [2.05, 4.69) is 15.6 Å². The number of carbonyl (C=O) groups excluding carboxylic acids is 3. The van der Waals surface area contributed by atoms with Gasteiger partial charge in [-0.1, -0.05) is 24.3 Å². The van der Waals surface area contributed by atoms with E-state index in [4.69, 9.17) is 5.26 Å². The third-order valence-electron chi connectivity index (χ3n) is 4.41. The van der Waals surface area contributed by atoms with Crippen LogP contribution in [0.5, 0.6) is 0 Å². The van der Waals surface area contributed by atoms with Crippen LogP contribution in [-0.2, 0) is 16.0 Å². The number of nitriles is 1. The van der Waals surface area contributed by atoms with Gasteiger partial charge in [0.1, 0.15) is 5.70 Å². The standard InChI is InChI=1S/C22H18N4O3/c1-24-22(29)20-18(9-10-25-20)21(28)26-17-7-5-14(6-8-17)12-19(27)16-4-2-3-15(11-16)13-23/h2-8,10-11H,9,12H2,1H3,(H,24,29)(H,26,28). The third kappa shape index (κ3) is 4.62. The normalized spacial score (nSPS) is 12.4. The van der Waals surface area contributed by atoms with Crippen molar-refractivity contribution < 1.29 is 14.4 Å². The van der Waals surface area contributed by atoms with Gasteiger partial charge in [0.25, 0.3) is 11.8 Å². The maximum atomic E-state index is 12.4. The molecule has 0 atom stereocenters. The molecule has 7 heteroatoms. The minimum Gasteiger partial charge on any atom is -0.354 e. The van der Waals surface area contributed by atoms with Gasteiger partial charge in [0.2, 0.25) is 0 Å². The second kappa shape index (κ2) is 8.76. The average molecular weight is 386 g/mol. The van der Waals surface area contributed by atoms with Gasteiger partial charge in [-0.05, 0) is 29.8 Å². The van der Waals surface area contributed by atoms with Crippen LogP contribution in [0.15, 0.2) is 64.8 Å². The van der Waals surface area contributed by atoms with Gasteiger partial charge >= 0.3 is 0 Å². The molecule has 2 aromatic carbocycles. The van der Waals surface area contributed by atoms with Crippen molar-refractivity contribution in [2.24, 2.45) is 4.99 Å². The lowest BCUT2D eigenvalue weighted by Gasteiger charge is -2.08. The zero-order valence-corrected chi connectivity index (χ0v) is 15.7. The number of amides is 2. The maximum absolute atomic E-state index is 12.4. The number of hydrogen-bond donors (Lipinski definition) is 2. The zero-order chi connectivity index (χ0) is 20.8. The molecule has 7 nitrogen and oxygen atoms in total. The fourth-order valence-electron chi connectivity index (χ4n) is 2.88. The summed E-state index contributed by atoms with van der Waals surface area (Å²) in [5.74, 6) is -0.890. The molecule has 0 aromatic heterocycles. The Hall–Kier alpha value is -4.05. The Morgan fingerprint density at radius 1 is 1.10 bits per heavy atom. The van der Waals surface area contributed by atoms with E-state index in [9.17, 15) is 14.4 Å². The molecule has 1 aliphatic heterocycles. The minimum absolute atomic E-state index is 0.0950. The Balaban J connectivity index is 1.66. The molecule has 0 saturated carbocycles. The summed E-state index contributed by atoms with van der Waals surface area (Å²) in [6, 6.07) is 15.5. The van der Waals surface area contributed by atoms with Crippen LogP contribution >= 0.6 is 0 Å². The lowest BCUT2D eigenvalue weighted by molar-refractivity contribution is -0.118. The maximum Gasteiger partial charge on any atom is 0.270 e. The Kier molecular flexibility index (Phi) is 5.95. The van der Waals surface area contributed by atoms with Gasteiger partial charge in [-0.15, -0.1) is 0 Å². The van der Waals surface area contributed by atoms with Crippen LogP contribution in [0.4, 0.5) is 5.69 Å². The molecule has 3 rings (SSSR count). The van der Waals surface area contributed by atoms with Crippen molar-refractivity contribution >= 4 is 29.5 Å². The third-order valence-corrected chi connectivity index (χ3v) is 4.41. The molecule has 0 radical (unpaired) electrons. The zero-order valence-electron chi connectivity index (χ0n) is 15.7. The second-order valence-corrected chi connectivity index (χ2v) is 6.37. The number of aliphatic imine (C=N–C) groups is 1. The van der Waals surface area contributed by atoms with E-state index in [1.165, 1.54) is 13.3 Å². The summed E-state index contributed by atoms with van der Waals surface area (Å²) in [4.78, 5) is 40.6. The molecule has 1 heterocycles. The summed E-state index contributed by atoms with van der Waals surface area (Å²) in [7, 11) is 1.48. The summed E-state index contributed by atoms with van der Waals surface area (Å²) in [5.41, 5.74) is 2.68. The molecule has 29 heavy (non-hydrogen) atoms. The Bertz CT molecular complexity index is 1080. The van der Waals surface area contributed by atoms with E-state index in [1.54, 1.807) is 48.5 Å². The minimum atomic E-state index is -0.404. The lowest BCUT2D eigenvalue weighted by atomic mass is 10.0. The molecule has 0 spiro atoms. The first kappa shape index (κ1) is 19.7. The molecule has 0 saturated heterocycles. The van der Waals surface area contributed by atoms with Gasteiger partial charge in [-0.25, -0.2) is 0 Å². The molecule has 2 N–H and O–H groups in total. The summed E-state index contributed by atoms with van der Waals surface area (Å²) >= 11 is 0. The van der Waals surface area contributed by atoms with E-state index < -0.39 is 11.8 Å². The molecule has 2 amide bonds. The smallest absolute Gasteiger partial charge is 0.270 e. The van der Waals surface area contributed by atoms with Crippen molar-refractivity contribution in [1.82, 2.24) is 5.32 Å². The molecular weight excluding hydrogens is 368 g/mol. The number of anilines is 1. The van der Waals surface area contributed by atoms with Crippen LogP contribution in [-0.4, -0.2) is 30.9 Å². The van der Waals surface area contributed by atoms with Gasteiger partial charge < -0.3 is 10.6 Å². The fraction of sp³-hybridized carbons (Fsp3) is 0.136. The predicted octanol–water partition coefficient (Wildman–Crippen LogP) is 2.40. The first-order chi connectivity index (χ1) is 14.0. The number of nitrogens with zero attached hydrogens (tertiary/aromatic N) is 2. The highest BCUT2D eigenvalue weighted by atomic mass is 16.2. The number of Topliss-reactive ketones (excluding diaryl/α,β-unsaturated/α-hetero) is 1. The number of nitrogens with one attached hydrogen (secondary N) is 2. The van der Waals surface area contributed by atoms with E-state index in [1.807, 2.05) is 6.07 Å². The van der Waals surface area contributed by atoms with E-state index >= 15 is 0 Å². The molecule has 2 aromatic rings. The number of carbonyl (C=O) groups is 3. The summed E-state index contributed by atoms with van der Waals surface area (Å²) in [5, 5.41) is 14.2. The highest BCUT2D eigenvalue weighted by molar-refractivity contribution is 6.13. The van der Waals surface area contributed by atoms with E-state index in [0.29, 0.717) is 28.8 Å². The van der Waals surface area contributed by atoms with Gasteiger partial charge in [0, 0.05) is 37.4 Å². The van der Waals surface area contributed by atoms with Crippen molar-refractivity contribution in [3.63, 3.8) is 0 Å².